The Hall–Kier alpha value is -1.91. The van der Waals surface area contributed by atoms with Crippen molar-refractivity contribution in [1.29, 1.82) is 0 Å². The summed E-state index contributed by atoms with van der Waals surface area (Å²) >= 11 is 1.22. The smallest absolute Gasteiger partial charge is 0.137 e. The van der Waals surface area contributed by atoms with E-state index in [-0.39, 0.29) is 4.90 Å². The first kappa shape index (κ1) is 14.0. The van der Waals surface area contributed by atoms with E-state index in [4.69, 9.17) is 5.73 Å². The number of hydrogen-bond donors (Lipinski definition) is 1. The molecule has 2 N–H and O–H groups in total. The largest absolute Gasteiger partial charge is 0.326 e. The Morgan fingerprint density at radius 2 is 1.62 bits per heavy atom. The topological polar surface area (TPSA) is 26.0 Å². The highest BCUT2D eigenvalue weighted by atomic mass is 32.2. The minimum atomic E-state index is -0.443. The lowest BCUT2D eigenvalue weighted by Crippen LogP contribution is -1.97. The zero-order valence-corrected chi connectivity index (χ0v) is 12.0. The van der Waals surface area contributed by atoms with Crippen LogP contribution in [-0.2, 0) is 6.54 Å². The van der Waals surface area contributed by atoms with Crippen LogP contribution in [0, 0.1) is 11.6 Å². The van der Waals surface area contributed by atoms with Crippen LogP contribution in [0.5, 0.6) is 0 Å². The summed E-state index contributed by atoms with van der Waals surface area (Å²) in [6, 6.07) is 15.1. The molecule has 1 nitrogen and oxygen atoms in total. The Labute approximate surface area is 125 Å². The maximum Gasteiger partial charge on any atom is 0.137 e. The van der Waals surface area contributed by atoms with Crippen molar-refractivity contribution in [3.8, 4) is 0 Å². The van der Waals surface area contributed by atoms with Crippen LogP contribution in [0.1, 0.15) is 5.56 Å². The van der Waals surface area contributed by atoms with Crippen molar-refractivity contribution in [2.45, 2.75) is 16.3 Å². The fourth-order valence-electron chi connectivity index (χ4n) is 2.27. The van der Waals surface area contributed by atoms with Gasteiger partial charge in [0.1, 0.15) is 11.6 Å². The summed E-state index contributed by atoms with van der Waals surface area (Å²) in [5.74, 6) is -0.866. The lowest BCUT2D eigenvalue weighted by atomic mass is 10.0. The third-order valence-electron chi connectivity index (χ3n) is 3.31. The molecule has 21 heavy (non-hydrogen) atoms. The minimum Gasteiger partial charge on any atom is -0.326 e. The Balaban J connectivity index is 2.11. The second kappa shape index (κ2) is 5.84. The van der Waals surface area contributed by atoms with E-state index < -0.39 is 11.6 Å². The lowest BCUT2D eigenvalue weighted by Gasteiger charge is -2.10. The molecule has 0 aliphatic heterocycles. The van der Waals surface area contributed by atoms with Crippen LogP contribution in [0.4, 0.5) is 8.78 Å². The van der Waals surface area contributed by atoms with Crippen molar-refractivity contribution >= 4 is 22.5 Å². The molecule has 3 rings (SSSR count). The van der Waals surface area contributed by atoms with Gasteiger partial charge in [0, 0.05) is 11.4 Å². The van der Waals surface area contributed by atoms with Crippen molar-refractivity contribution in [2.24, 2.45) is 5.73 Å². The first-order valence-electron chi connectivity index (χ1n) is 6.52. The van der Waals surface area contributed by atoms with Gasteiger partial charge in [-0.3, -0.25) is 0 Å². The fraction of sp³-hybridized carbons (Fsp3) is 0.0588. The zero-order valence-electron chi connectivity index (χ0n) is 11.1. The Morgan fingerprint density at radius 1 is 0.857 bits per heavy atom. The predicted octanol–water partition coefficient (Wildman–Crippen LogP) is 4.73. The monoisotopic (exact) mass is 301 g/mol. The van der Waals surface area contributed by atoms with Crippen LogP contribution in [0.15, 0.2) is 64.4 Å². The van der Waals surface area contributed by atoms with Crippen LogP contribution in [0.2, 0.25) is 0 Å². The highest BCUT2D eigenvalue weighted by Crippen LogP contribution is 2.36. The van der Waals surface area contributed by atoms with Gasteiger partial charge in [0.15, 0.2) is 0 Å². The Morgan fingerprint density at radius 3 is 2.38 bits per heavy atom. The van der Waals surface area contributed by atoms with Crippen LogP contribution in [0.25, 0.3) is 10.8 Å². The molecule has 106 valence electrons. The minimum absolute atomic E-state index is 0.278. The standard InChI is InChI=1S/C17H13F2NS/c18-12-6-7-15(19)17(9-12)21-16-8-5-11(10-20)13-3-1-2-4-14(13)16/h1-9H,10,20H2. The van der Waals surface area contributed by atoms with Crippen LogP contribution >= 0.6 is 11.8 Å². The number of halogens is 2. The first-order valence-corrected chi connectivity index (χ1v) is 7.34. The van der Waals surface area contributed by atoms with Gasteiger partial charge in [-0.05, 0) is 40.6 Å². The van der Waals surface area contributed by atoms with Gasteiger partial charge in [-0.25, -0.2) is 8.78 Å². The molecule has 0 aromatic heterocycles. The Bertz CT molecular complexity index is 802. The molecule has 0 unspecified atom stereocenters. The van der Waals surface area contributed by atoms with Crippen LogP contribution in [-0.4, -0.2) is 0 Å². The number of hydrogen-bond acceptors (Lipinski definition) is 2. The fourth-order valence-corrected chi connectivity index (χ4v) is 3.27. The van der Waals surface area contributed by atoms with Crippen molar-refractivity contribution in [3.05, 3.63) is 71.8 Å². The van der Waals surface area contributed by atoms with Gasteiger partial charge in [0.25, 0.3) is 0 Å². The molecular weight excluding hydrogens is 288 g/mol. The summed E-state index contributed by atoms with van der Waals surface area (Å²) in [7, 11) is 0. The molecular formula is C17H13F2NS. The first-order chi connectivity index (χ1) is 10.2. The van der Waals surface area contributed by atoms with Crippen molar-refractivity contribution in [3.63, 3.8) is 0 Å². The average molecular weight is 301 g/mol. The molecule has 3 aromatic rings. The van der Waals surface area contributed by atoms with Gasteiger partial charge in [0.05, 0.1) is 4.90 Å². The quantitative estimate of drug-likeness (QED) is 0.757. The van der Waals surface area contributed by atoms with Gasteiger partial charge < -0.3 is 5.73 Å². The second-order valence-corrected chi connectivity index (χ2v) is 5.73. The summed E-state index contributed by atoms with van der Waals surface area (Å²) in [5.41, 5.74) is 6.78. The number of benzene rings is 3. The normalized spacial score (nSPS) is 11.0. The lowest BCUT2D eigenvalue weighted by molar-refractivity contribution is 0.577. The SMILES string of the molecule is NCc1ccc(Sc2cc(F)ccc2F)c2ccccc12. The average Bonchev–Trinajstić information content (AvgIpc) is 2.51. The number of nitrogens with two attached hydrogens (primary N) is 1. The van der Waals surface area contributed by atoms with E-state index in [1.54, 1.807) is 0 Å². The van der Waals surface area contributed by atoms with E-state index in [2.05, 4.69) is 0 Å². The van der Waals surface area contributed by atoms with Crippen LogP contribution in [0.3, 0.4) is 0 Å². The molecule has 0 aliphatic rings. The maximum atomic E-state index is 13.8. The third-order valence-corrected chi connectivity index (χ3v) is 4.42. The number of fused-ring (bicyclic) bond motifs is 1. The molecule has 0 saturated carbocycles. The predicted molar refractivity (Wildman–Crippen MR) is 82.3 cm³/mol. The molecule has 0 fully saturated rings. The zero-order chi connectivity index (χ0) is 14.8. The highest BCUT2D eigenvalue weighted by Gasteiger charge is 2.10. The van der Waals surface area contributed by atoms with E-state index in [1.165, 1.54) is 17.8 Å². The van der Waals surface area contributed by atoms with E-state index in [0.717, 1.165) is 33.4 Å². The van der Waals surface area contributed by atoms with E-state index in [9.17, 15) is 8.78 Å². The summed E-state index contributed by atoms with van der Waals surface area (Å²) in [4.78, 5) is 1.16. The number of rotatable bonds is 3. The highest BCUT2D eigenvalue weighted by molar-refractivity contribution is 7.99. The van der Waals surface area contributed by atoms with Gasteiger partial charge in [-0.2, -0.15) is 0 Å². The molecule has 0 aliphatic carbocycles. The third kappa shape index (κ3) is 2.77. The van der Waals surface area contributed by atoms with Gasteiger partial charge >= 0.3 is 0 Å². The summed E-state index contributed by atoms with van der Waals surface area (Å²) < 4.78 is 27.1. The Kier molecular flexibility index (Phi) is 3.90. The summed E-state index contributed by atoms with van der Waals surface area (Å²) in [5, 5.41) is 2.04. The van der Waals surface area contributed by atoms with Crippen LogP contribution < -0.4 is 5.73 Å². The van der Waals surface area contributed by atoms with Gasteiger partial charge in [-0.15, -0.1) is 0 Å². The molecule has 0 spiro atoms. The molecule has 0 bridgehead atoms. The van der Waals surface area contributed by atoms with Crippen molar-refractivity contribution < 1.29 is 8.78 Å². The molecule has 4 heteroatoms. The molecule has 0 radical (unpaired) electrons. The van der Waals surface area contributed by atoms with E-state index in [0.29, 0.717) is 6.54 Å². The second-order valence-electron chi connectivity index (χ2n) is 4.65. The summed E-state index contributed by atoms with van der Waals surface area (Å²) in [6.45, 7) is 0.444. The van der Waals surface area contributed by atoms with Gasteiger partial charge in [0.2, 0.25) is 0 Å². The molecule has 0 amide bonds. The molecule has 0 saturated heterocycles. The molecule has 3 aromatic carbocycles. The van der Waals surface area contributed by atoms with Gasteiger partial charge in [-0.1, -0.05) is 42.1 Å². The molecule has 0 heterocycles. The molecule has 0 atom stereocenters. The van der Waals surface area contributed by atoms with E-state index in [1.807, 2.05) is 36.4 Å². The maximum absolute atomic E-state index is 13.8. The van der Waals surface area contributed by atoms with Crippen molar-refractivity contribution in [2.75, 3.05) is 0 Å². The summed E-state index contributed by atoms with van der Waals surface area (Å²) in [6.07, 6.45) is 0. The van der Waals surface area contributed by atoms with Crippen molar-refractivity contribution in [1.82, 2.24) is 0 Å². The van der Waals surface area contributed by atoms with E-state index >= 15 is 0 Å².